The Balaban J connectivity index is 1.48. The van der Waals surface area contributed by atoms with E-state index in [0.29, 0.717) is 30.6 Å². The van der Waals surface area contributed by atoms with Crippen LogP contribution < -0.4 is 19.9 Å². The predicted molar refractivity (Wildman–Crippen MR) is 237 cm³/mol. The summed E-state index contributed by atoms with van der Waals surface area (Å²) in [5, 5.41) is 63.5. The Kier molecular flexibility index (Phi) is 17.0. The molecule has 0 amide bonds. The van der Waals surface area contributed by atoms with Crippen molar-refractivity contribution in [2.45, 2.75) is 60.1 Å². The normalized spacial score (nSPS) is 12.5. The second-order valence-electron chi connectivity index (χ2n) is 14.1. The van der Waals surface area contributed by atoms with E-state index >= 15 is 0 Å². The molecule has 23 nitrogen and oxygen atoms in total. The summed E-state index contributed by atoms with van der Waals surface area (Å²) in [4.78, 5) is -2.73. The number of phenols is 2. The summed E-state index contributed by atoms with van der Waals surface area (Å²) < 4.78 is 120. The highest BCUT2D eigenvalue weighted by atomic mass is 32.2. The van der Waals surface area contributed by atoms with Crippen LogP contribution in [0.25, 0.3) is 10.8 Å². The number of phenolic OH excluding ortho intramolecular Hbond substituents is 2. The number of benzene rings is 5. The minimum atomic E-state index is -5.27. The second-order valence-corrected chi connectivity index (χ2v) is 18.3. The fourth-order valence-electron chi connectivity index (χ4n) is 6.08. The third kappa shape index (κ3) is 13.3. The predicted octanol–water partition coefficient (Wildman–Crippen LogP) is 8.30. The van der Waals surface area contributed by atoms with Crippen LogP contribution in [0, 0.1) is 0 Å². The topological polar surface area (TPSA) is 372 Å². The van der Waals surface area contributed by atoms with Gasteiger partial charge < -0.3 is 40.4 Å². The quantitative estimate of drug-likeness (QED) is 0.0132. The van der Waals surface area contributed by atoms with Crippen molar-refractivity contribution >= 4 is 80.9 Å². The molecule has 5 aromatic carbocycles. The Hall–Kier alpha value is -6.39. The van der Waals surface area contributed by atoms with Gasteiger partial charge in [-0.25, -0.2) is 0 Å². The first-order valence-electron chi connectivity index (χ1n) is 19.8. The highest BCUT2D eigenvalue weighted by Gasteiger charge is 2.26. The van der Waals surface area contributed by atoms with Crippen LogP contribution in [0.5, 0.6) is 28.7 Å². The van der Waals surface area contributed by atoms with Gasteiger partial charge in [-0.1, -0.05) is 39.0 Å². The van der Waals surface area contributed by atoms with Gasteiger partial charge in [-0.05, 0) is 54.3 Å². The summed E-state index contributed by atoms with van der Waals surface area (Å²) in [7, 11) is -15.2. The fraction of sp³-hybridized carbons (Fsp3) is 0.300. The molecule has 0 aliphatic carbocycles. The number of fused-ring (bicyclic) bond motifs is 1. The highest BCUT2D eigenvalue weighted by molar-refractivity contribution is 7.86. The zero-order chi connectivity index (χ0) is 48.2. The number of azo groups is 3. The number of ether oxygens (including phenoxy) is 3. The molecule has 0 unspecified atom stereocenters. The maximum atomic E-state index is 12.5. The first-order valence-corrected chi connectivity index (χ1v) is 24.1. The minimum Gasteiger partial charge on any atom is -0.507 e. The molecule has 0 bridgehead atoms. The summed E-state index contributed by atoms with van der Waals surface area (Å²) in [5.74, 6) is -2.01. The lowest BCUT2D eigenvalue weighted by atomic mass is 10.1. The van der Waals surface area contributed by atoms with Crippen molar-refractivity contribution in [2.75, 3.05) is 38.8 Å². The fourth-order valence-corrected chi connectivity index (χ4v) is 7.92. The number of nitrogens with two attached hydrogens (primary N) is 1. The van der Waals surface area contributed by atoms with Gasteiger partial charge >= 0.3 is 0 Å². The third-order valence-corrected chi connectivity index (χ3v) is 11.8. The summed E-state index contributed by atoms with van der Waals surface area (Å²) in [6, 6.07) is 12.4. The molecule has 0 aliphatic heterocycles. The van der Waals surface area contributed by atoms with Crippen molar-refractivity contribution in [3.63, 3.8) is 0 Å². The molecule has 66 heavy (non-hydrogen) atoms. The van der Waals surface area contributed by atoms with Crippen LogP contribution in [-0.2, 0) is 30.4 Å². The summed E-state index contributed by atoms with van der Waals surface area (Å²) in [6.07, 6.45) is 6.63. The van der Waals surface area contributed by atoms with E-state index in [1.807, 2.05) is 0 Å². The largest absolute Gasteiger partial charge is 0.507 e. The Morgan fingerprint density at radius 3 is 1.73 bits per heavy atom. The van der Waals surface area contributed by atoms with Gasteiger partial charge in [0.25, 0.3) is 30.4 Å². The number of anilines is 1. The molecule has 26 heteroatoms. The van der Waals surface area contributed by atoms with Gasteiger partial charge in [-0.15, -0.1) is 25.6 Å². The van der Waals surface area contributed by atoms with Gasteiger partial charge in [0.15, 0.2) is 5.75 Å². The van der Waals surface area contributed by atoms with E-state index in [2.05, 4.69) is 37.6 Å². The van der Waals surface area contributed by atoms with E-state index in [0.717, 1.165) is 49.9 Å². The summed E-state index contributed by atoms with van der Waals surface area (Å²) >= 11 is 0. The van der Waals surface area contributed by atoms with Crippen molar-refractivity contribution in [3.05, 3.63) is 66.7 Å². The standard InChI is InChI=1S/C40H45N7O16S3/c1-2-3-4-5-6-7-14-61-26-9-11-29(28(41)20-26)43-42-25-8-10-30(36(19-25)65(55,56)57)44-45-31-22-35(63-16-13-49)32(23-34(31)62-15-12-48)46-47-39-37(66(58,59)60)18-24-17-27(64(52,53)54)21-33(50)38(24)40(39)51/h8-11,17-23,48-51H,2-7,12-16,41H2,1H3,(H,52,53,54)(H,55,56,57)(H,58,59,60). The number of nitrogen functional groups attached to an aromatic ring is 1. The lowest BCUT2D eigenvalue weighted by Crippen LogP contribution is -2.04. The van der Waals surface area contributed by atoms with E-state index in [9.17, 15) is 59.3 Å². The van der Waals surface area contributed by atoms with Crippen LogP contribution in [0.1, 0.15) is 45.4 Å². The van der Waals surface area contributed by atoms with Crippen LogP contribution in [0.4, 0.5) is 39.8 Å². The van der Waals surface area contributed by atoms with Gasteiger partial charge in [0.1, 0.15) is 74.4 Å². The lowest BCUT2D eigenvalue weighted by Gasteiger charge is -2.13. The van der Waals surface area contributed by atoms with Crippen molar-refractivity contribution in [3.8, 4) is 28.7 Å². The van der Waals surface area contributed by atoms with Crippen LogP contribution in [0.2, 0.25) is 0 Å². The molecule has 0 atom stereocenters. The molecular formula is C40H45N7O16S3. The Bertz CT molecular complexity index is 3000. The van der Waals surface area contributed by atoms with Crippen molar-refractivity contribution < 1.29 is 73.5 Å². The first-order chi connectivity index (χ1) is 31.2. The molecule has 0 aromatic heterocycles. The second kappa shape index (κ2) is 22.2. The number of rotatable bonds is 23. The number of hydrogen-bond acceptors (Lipinski definition) is 20. The molecule has 9 N–H and O–H groups in total. The number of nitrogens with zero attached hydrogens (tertiary/aromatic N) is 6. The number of aromatic hydroxyl groups is 2. The molecule has 0 aliphatic rings. The van der Waals surface area contributed by atoms with E-state index in [1.165, 1.54) is 18.9 Å². The smallest absolute Gasteiger partial charge is 0.296 e. The molecule has 0 saturated carbocycles. The molecule has 0 radical (unpaired) electrons. The zero-order valence-corrected chi connectivity index (χ0v) is 37.4. The van der Waals surface area contributed by atoms with Gasteiger partial charge in [-0.3, -0.25) is 13.7 Å². The van der Waals surface area contributed by atoms with Gasteiger partial charge in [0, 0.05) is 24.3 Å². The van der Waals surface area contributed by atoms with E-state index < -0.39 is 91.9 Å². The van der Waals surface area contributed by atoms with E-state index in [-0.39, 0.29) is 53.1 Å². The van der Waals surface area contributed by atoms with Crippen molar-refractivity contribution in [1.82, 2.24) is 0 Å². The maximum absolute atomic E-state index is 12.5. The molecule has 5 rings (SSSR count). The molecule has 5 aromatic rings. The van der Waals surface area contributed by atoms with Crippen LogP contribution in [0.3, 0.4) is 0 Å². The van der Waals surface area contributed by atoms with Crippen LogP contribution in [0.15, 0.2) is 112 Å². The lowest BCUT2D eigenvalue weighted by molar-refractivity contribution is 0.198. The Labute approximate surface area is 378 Å². The number of aliphatic hydroxyl groups is 2. The minimum absolute atomic E-state index is 0.0292. The Morgan fingerprint density at radius 2 is 1.14 bits per heavy atom. The number of hydrogen-bond donors (Lipinski definition) is 8. The van der Waals surface area contributed by atoms with Crippen LogP contribution in [-0.4, -0.2) is 92.4 Å². The van der Waals surface area contributed by atoms with Gasteiger partial charge in [0.05, 0.1) is 41.5 Å². The van der Waals surface area contributed by atoms with E-state index in [4.69, 9.17) is 19.9 Å². The average Bonchev–Trinajstić information content (AvgIpc) is 3.25. The van der Waals surface area contributed by atoms with Crippen molar-refractivity contribution in [2.24, 2.45) is 30.7 Å². The third-order valence-electron chi connectivity index (χ3n) is 9.20. The average molecular weight is 976 g/mol. The van der Waals surface area contributed by atoms with E-state index in [1.54, 1.807) is 18.2 Å². The SMILES string of the molecule is CCCCCCCCOc1ccc(N=Nc2ccc(N=Nc3cc(OCCO)c(N=Nc4c(S(=O)(=O)O)cc5cc(S(=O)(=O)O)cc(O)c5c4O)cc3OCCO)c(S(=O)(=O)O)c2)c(N)c1. The first kappa shape index (κ1) is 50.6. The van der Waals surface area contributed by atoms with Crippen molar-refractivity contribution in [1.29, 1.82) is 0 Å². The van der Waals surface area contributed by atoms with Gasteiger partial charge in [-0.2, -0.15) is 30.4 Å². The number of unbranched alkanes of at least 4 members (excludes halogenated alkanes) is 5. The zero-order valence-electron chi connectivity index (χ0n) is 34.9. The summed E-state index contributed by atoms with van der Waals surface area (Å²) in [5.41, 5.74) is 4.72. The molecule has 0 heterocycles. The highest BCUT2D eigenvalue weighted by Crippen LogP contribution is 2.47. The monoisotopic (exact) mass is 975 g/mol. The molecule has 0 fully saturated rings. The maximum Gasteiger partial charge on any atom is 0.296 e. The Morgan fingerprint density at radius 1 is 0.561 bits per heavy atom. The molecular weight excluding hydrogens is 931 g/mol. The number of aliphatic hydroxyl groups excluding tert-OH is 2. The molecule has 0 saturated heterocycles. The molecule has 354 valence electrons. The molecule has 0 spiro atoms. The van der Waals surface area contributed by atoms with Crippen LogP contribution >= 0.6 is 0 Å². The van der Waals surface area contributed by atoms with Gasteiger partial charge in [0.2, 0.25) is 0 Å². The summed E-state index contributed by atoms with van der Waals surface area (Å²) in [6.45, 7) is 0.839.